The van der Waals surface area contributed by atoms with E-state index >= 15 is 0 Å². The summed E-state index contributed by atoms with van der Waals surface area (Å²) in [5.41, 5.74) is -0.393. The molecule has 0 atom stereocenters. The van der Waals surface area contributed by atoms with Crippen molar-refractivity contribution < 1.29 is 8.83 Å². The van der Waals surface area contributed by atoms with Gasteiger partial charge in [-0.25, -0.2) is 0 Å². The lowest BCUT2D eigenvalue weighted by atomic mass is 10.3. The molecule has 2 rings (SSSR count). The predicted molar refractivity (Wildman–Crippen MR) is 49.0 cm³/mol. The van der Waals surface area contributed by atoms with Gasteiger partial charge >= 0.3 is 0 Å². The summed E-state index contributed by atoms with van der Waals surface area (Å²) in [4.78, 5) is 21.9. The highest BCUT2D eigenvalue weighted by atomic mass is 16.4. The van der Waals surface area contributed by atoms with Crippen LogP contribution in [0.3, 0.4) is 0 Å². The summed E-state index contributed by atoms with van der Waals surface area (Å²) in [5, 5.41) is 0. The predicted octanol–water partition coefficient (Wildman–Crippen LogP) is 1.26. The summed E-state index contributed by atoms with van der Waals surface area (Å²) in [6, 6.07) is 5.09. The second-order valence-corrected chi connectivity index (χ2v) is 2.66. The Morgan fingerprint density at radius 1 is 0.786 bits per heavy atom. The molecule has 4 heteroatoms. The van der Waals surface area contributed by atoms with Gasteiger partial charge in [-0.05, 0) is 0 Å². The van der Waals surface area contributed by atoms with Crippen molar-refractivity contribution in [3.05, 3.63) is 57.2 Å². The first-order chi connectivity index (χ1) is 6.75. The molecule has 0 spiro atoms. The van der Waals surface area contributed by atoms with Crippen LogP contribution in [0.4, 0.5) is 0 Å². The van der Waals surface area contributed by atoms with Crippen molar-refractivity contribution in [2.75, 3.05) is 0 Å². The van der Waals surface area contributed by atoms with E-state index in [0.717, 1.165) is 0 Å². The van der Waals surface area contributed by atoms with E-state index in [4.69, 9.17) is 8.83 Å². The maximum atomic E-state index is 11.0. The van der Waals surface area contributed by atoms with Gasteiger partial charge in [0.2, 0.25) is 0 Å². The van der Waals surface area contributed by atoms with Crippen LogP contribution in [0.15, 0.2) is 55.2 Å². The van der Waals surface area contributed by atoms with Gasteiger partial charge in [0.1, 0.15) is 0 Å². The molecule has 0 saturated heterocycles. The minimum Gasteiger partial charge on any atom is -0.461 e. The summed E-state index contributed by atoms with van der Waals surface area (Å²) < 4.78 is 10.0. The van der Waals surface area contributed by atoms with Crippen molar-refractivity contribution >= 4 is 0 Å². The fraction of sp³-hybridized carbons (Fsp3) is 0. The summed E-state index contributed by atoms with van der Waals surface area (Å²) in [5.74, 6) is 0.491. The van der Waals surface area contributed by atoms with Crippen LogP contribution in [-0.2, 0) is 0 Å². The molecule has 0 bridgehead atoms. The fourth-order valence-corrected chi connectivity index (χ4v) is 1.03. The second kappa shape index (κ2) is 3.33. The first-order valence-electron chi connectivity index (χ1n) is 3.94. The molecule has 0 amide bonds. The molecular formula is C10H6O4. The molecule has 0 fully saturated rings. The molecule has 2 aromatic heterocycles. The summed E-state index contributed by atoms with van der Waals surface area (Å²) in [7, 11) is 0. The second-order valence-electron chi connectivity index (χ2n) is 2.66. The van der Waals surface area contributed by atoms with E-state index in [1.165, 1.54) is 36.8 Å². The zero-order valence-corrected chi connectivity index (χ0v) is 7.10. The third-order valence-electron chi connectivity index (χ3n) is 1.64. The molecule has 0 N–H and O–H groups in total. The van der Waals surface area contributed by atoms with Crippen molar-refractivity contribution in [2.45, 2.75) is 0 Å². The largest absolute Gasteiger partial charge is 0.461 e. The highest BCUT2D eigenvalue weighted by Gasteiger charge is 2.03. The molecule has 4 nitrogen and oxygen atoms in total. The molecule has 0 radical (unpaired) electrons. The third kappa shape index (κ3) is 1.64. The highest BCUT2D eigenvalue weighted by molar-refractivity contribution is 5.47. The molecule has 70 valence electrons. The van der Waals surface area contributed by atoms with Gasteiger partial charge in [0.25, 0.3) is 0 Å². The number of hydrogen-bond acceptors (Lipinski definition) is 4. The Balaban J connectivity index is 2.60. The molecule has 0 aliphatic carbocycles. The minimum atomic E-state index is -0.197. The first kappa shape index (κ1) is 8.50. The van der Waals surface area contributed by atoms with Crippen LogP contribution >= 0.6 is 0 Å². The van der Waals surface area contributed by atoms with E-state index in [-0.39, 0.29) is 22.4 Å². The standard InChI is InChI=1S/C10H6O4/c11-7-1-3-13-9(5-7)10-6-8(12)2-4-14-10/h1-6H. The first-order valence-corrected chi connectivity index (χ1v) is 3.94. The Kier molecular flexibility index (Phi) is 2.02. The van der Waals surface area contributed by atoms with Crippen molar-refractivity contribution in [1.82, 2.24) is 0 Å². The van der Waals surface area contributed by atoms with E-state index in [1.54, 1.807) is 0 Å². The van der Waals surface area contributed by atoms with Gasteiger partial charge in [-0.1, -0.05) is 0 Å². The molecule has 0 unspecified atom stereocenters. The van der Waals surface area contributed by atoms with Crippen LogP contribution in [0.5, 0.6) is 0 Å². The Morgan fingerprint density at radius 2 is 1.21 bits per heavy atom. The Bertz CT molecular complexity index is 499. The van der Waals surface area contributed by atoms with Gasteiger partial charge < -0.3 is 8.83 Å². The monoisotopic (exact) mass is 190 g/mol. The van der Waals surface area contributed by atoms with Crippen LogP contribution in [0, 0.1) is 0 Å². The average Bonchev–Trinajstić information content (AvgIpc) is 2.18. The SMILES string of the molecule is O=c1ccoc(-c2cc(=O)cco2)c1. The van der Waals surface area contributed by atoms with Crippen LogP contribution in [0.1, 0.15) is 0 Å². The van der Waals surface area contributed by atoms with Gasteiger partial charge in [-0.3, -0.25) is 9.59 Å². The van der Waals surface area contributed by atoms with E-state index in [9.17, 15) is 9.59 Å². The van der Waals surface area contributed by atoms with E-state index < -0.39 is 0 Å². The summed E-state index contributed by atoms with van der Waals surface area (Å²) in [6.07, 6.45) is 2.51. The molecule has 0 aliphatic heterocycles. The zero-order valence-electron chi connectivity index (χ0n) is 7.10. The van der Waals surface area contributed by atoms with Crippen molar-refractivity contribution in [3.63, 3.8) is 0 Å². The molecule has 2 heterocycles. The zero-order chi connectivity index (χ0) is 9.97. The lowest BCUT2D eigenvalue weighted by Crippen LogP contribution is -1.98. The van der Waals surface area contributed by atoms with E-state index in [1.807, 2.05) is 0 Å². The van der Waals surface area contributed by atoms with Gasteiger partial charge in [0.15, 0.2) is 22.4 Å². The van der Waals surface area contributed by atoms with Gasteiger partial charge in [-0.15, -0.1) is 0 Å². The van der Waals surface area contributed by atoms with Crippen molar-refractivity contribution in [3.8, 4) is 11.5 Å². The minimum absolute atomic E-state index is 0.197. The summed E-state index contributed by atoms with van der Waals surface area (Å²) >= 11 is 0. The maximum Gasteiger partial charge on any atom is 0.185 e. The smallest absolute Gasteiger partial charge is 0.185 e. The molecule has 0 saturated carbocycles. The fourth-order valence-electron chi connectivity index (χ4n) is 1.03. The Hall–Kier alpha value is -2.10. The lowest BCUT2D eigenvalue weighted by Gasteiger charge is -1.95. The lowest BCUT2D eigenvalue weighted by molar-refractivity contribution is 0.504. The number of hydrogen-bond donors (Lipinski definition) is 0. The van der Waals surface area contributed by atoms with Crippen molar-refractivity contribution in [2.24, 2.45) is 0 Å². The highest BCUT2D eigenvalue weighted by Crippen LogP contribution is 2.14. The topological polar surface area (TPSA) is 60.4 Å². The average molecular weight is 190 g/mol. The Morgan fingerprint density at radius 3 is 1.57 bits per heavy atom. The third-order valence-corrected chi connectivity index (χ3v) is 1.64. The van der Waals surface area contributed by atoms with Crippen LogP contribution in [0.2, 0.25) is 0 Å². The molecule has 0 aromatic carbocycles. The van der Waals surface area contributed by atoms with E-state index in [0.29, 0.717) is 0 Å². The van der Waals surface area contributed by atoms with Crippen LogP contribution in [-0.4, -0.2) is 0 Å². The van der Waals surface area contributed by atoms with Gasteiger partial charge in [-0.2, -0.15) is 0 Å². The molecule has 2 aromatic rings. The molecular weight excluding hydrogens is 184 g/mol. The van der Waals surface area contributed by atoms with Crippen molar-refractivity contribution in [1.29, 1.82) is 0 Å². The Labute approximate surface area is 78.4 Å². The normalized spacial score (nSPS) is 10.0. The van der Waals surface area contributed by atoms with E-state index in [2.05, 4.69) is 0 Å². The van der Waals surface area contributed by atoms with Crippen LogP contribution in [0.25, 0.3) is 11.5 Å². The summed E-state index contributed by atoms with van der Waals surface area (Å²) in [6.45, 7) is 0. The number of rotatable bonds is 1. The maximum absolute atomic E-state index is 11.0. The molecule has 0 aliphatic rings. The van der Waals surface area contributed by atoms with Crippen LogP contribution < -0.4 is 10.9 Å². The van der Waals surface area contributed by atoms with Gasteiger partial charge in [0, 0.05) is 24.3 Å². The van der Waals surface area contributed by atoms with Gasteiger partial charge in [0.05, 0.1) is 12.5 Å². The molecule has 14 heavy (non-hydrogen) atoms. The quantitative estimate of drug-likeness (QED) is 0.679.